The van der Waals surface area contributed by atoms with E-state index >= 15 is 0 Å². The maximum Gasteiger partial charge on any atom is 0.269 e. The van der Waals surface area contributed by atoms with Crippen LogP contribution in [-0.4, -0.2) is 27.3 Å². The number of benzene rings is 1. The molecule has 120 valence electrons. The highest BCUT2D eigenvalue weighted by Crippen LogP contribution is 2.29. The van der Waals surface area contributed by atoms with Crippen LogP contribution in [0.15, 0.2) is 36.4 Å². The Hall–Kier alpha value is -2.18. The summed E-state index contributed by atoms with van der Waals surface area (Å²) in [4.78, 5) is 13.1. The molecule has 1 atom stereocenters. The average molecular weight is 329 g/mol. The van der Waals surface area contributed by atoms with Crippen LogP contribution in [-0.2, 0) is 6.54 Å². The lowest BCUT2D eigenvalue weighted by Gasteiger charge is -2.10. The Morgan fingerprint density at radius 1 is 1.39 bits per heavy atom. The highest BCUT2D eigenvalue weighted by Gasteiger charge is 2.16. The molecule has 2 heterocycles. The first kappa shape index (κ1) is 15.7. The van der Waals surface area contributed by atoms with Gasteiger partial charge in [0.25, 0.3) is 5.91 Å². The molecule has 0 aliphatic heterocycles. The molecular formula is C17H19N3O2S. The minimum absolute atomic E-state index is 0.180. The van der Waals surface area contributed by atoms with Crippen LogP contribution in [0.1, 0.15) is 34.1 Å². The molecule has 5 nitrogen and oxygen atoms in total. The molecule has 0 aliphatic rings. The van der Waals surface area contributed by atoms with Crippen LogP contribution in [0.3, 0.4) is 0 Å². The summed E-state index contributed by atoms with van der Waals surface area (Å²) in [5, 5.41) is 18.5. The van der Waals surface area contributed by atoms with E-state index in [9.17, 15) is 9.90 Å². The number of carbonyl (C=O) groups excluding carboxylic acids is 1. The van der Waals surface area contributed by atoms with E-state index in [0.29, 0.717) is 12.2 Å². The van der Waals surface area contributed by atoms with Gasteiger partial charge in [0, 0.05) is 22.7 Å². The first-order valence-electron chi connectivity index (χ1n) is 7.57. The van der Waals surface area contributed by atoms with Gasteiger partial charge >= 0.3 is 0 Å². The fourth-order valence-electron chi connectivity index (χ4n) is 2.52. The minimum Gasteiger partial charge on any atom is -0.386 e. The Balaban J connectivity index is 1.68. The fraction of sp³-hybridized carbons (Fsp3) is 0.294. The summed E-state index contributed by atoms with van der Waals surface area (Å²) in [6, 6.07) is 11.7. The molecule has 6 heteroatoms. The summed E-state index contributed by atoms with van der Waals surface area (Å²) < 4.78 is 2.80. The van der Waals surface area contributed by atoms with Gasteiger partial charge in [-0.1, -0.05) is 18.2 Å². The number of nitrogens with zero attached hydrogens (tertiary/aromatic N) is 2. The smallest absolute Gasteiger partial charge is 0.269 e. The van der Waals surface area contributed by atoms with Gasteiger partial charge < -0.3 is 10.4 Å². The second kappa shape index (κ2) is 6.52. The number of amides is 1. The summed E-state index contributed by atoms with van der Waals surface area (Å²) in [6.07, 6.45) is -0.713. The number of aromatic nitrogens is 2. The van der Waals surface area contributed by atoms with Gasteiger partial charge in [0.2, 0.25) is 0 Å². The molecule has 0 fully saturated rings. The number of rotatable bonds is 5. The van der Waals surface area contributed by atoms with Crippen molar-refractivity contribution in [2.24, 2.45) is 0 Å². The largest absolute Gasteiger partial charge is 0.386 e. The normalized spacial score (nSPS) is 12.5. The van der Waals surface area contributed by atoms with Crippen molar-refractivity contribution in [1.82, 2.24) is 15.1 Å². The maximum atomic E-state index is 12.3. The van der Waals surface area contributed by atoms with Gasteiger partial charge in [0.1, 0.15) is 11.8 Å². The van der Waals surface area contributed by atoms with E-state index in [1.165, 1.54) is 0 Å². The Kier molecular flexibility index (Phi) is 4.45. The van der Waals surface area contributed by atoms with E-state index in [1.807, 2.05) is 44.2 Å². The Morgan fingerprint density at radius 2 is 2.17 bits per heavy atom. The highest BCUT2D eigenvalue weighted by atomic mass is 32.1. The van der Waals surface area contributed by atoms with E-state index in [1.54, 1.807) is 22.1 Å². The predicted octanol–water partition coefficient (Wildman–Crippen LogP) is 2.89. The van der Waals surface area contributed by atoms with Gasteiger partial charge in [-0.3, -0.25) is 9.48 Å². The molecule has 0 saturated heterocycles. The molecular weight excluding hydrogens is 310 g/mol. The van der Waals surface area contributed by atoms with Crippen molar-refractivity contribution in [3.8, 4) is 0 Å². The molecule has 2 aromatic heterocycles. The molecule has 1 unspecified atom stereocenters. The number of carbonyl (C=O) groups is 1. The Bertz CT molecular complexity index is 804. The van der Waals surface area contributed by atoms with Crippen LogP contribution in [0, 0.1) is 6.92 Å². The van der Waals surface area contributed by atoms with Gasteiger partial charge in [-0.25, -0.2) is 0 Å². The SMILES string of the molecule is CCn1nc(C)cc1C(=O)NCC(O)c1cc2ccccc2s1. The van der Waals surface area contributed by atoms with Gasteiger partial charge in [0.05, 0.1) is 5.69 Å². The standard InChI is InChI=1S/C17H19N3O2S/c1-3-20-13(8-11(2)19-20)17(22)18-10-14(21)16-9-12-6-4-5-7-15(12)23-16/h4-9,14,21H,3,10H2,1-2H3,(H,18,22). The first-order chi connectivity index (χ1) is 11.1. The number of hydrogen-bond donors (Lipinski definition) is 2. The van der Waals surface area contributed by atoms with E-state index in [-0.39, 0.29) is 12.5 Å². The van der Waals surface area contributed by atoms with Gasteiger partial charge in [0.15, 0.2) is 0 Å². The highest BCUT2D eigenvalue weighted by molar-refractivity contribution is 7.19. The molecule has 1 amide bonds. The monoisotopic (exact) mass is 329 g/mol. The van der Waals surface area contributed by atoms with Crippen molar-refractivity contribution in [3.05, 3.63) is 52.7 Å². The summed E-state index contributed by atoms with van der Waals surface area (Å²) in [6.45, 7) is 4.61. The predicted molar refractivity (Wildman–Crippen MR) is 91.8 cm³/mol. The quantitative estimate of drug-likeness (QED) is 0.756. The third-order valence-electron chi connectivity index (χ3n) is 3.66. The van der Waals surface area contributed by atoms with Crippen LogP contribution in [0.4, 0.5) is 0 Å². The Morgan fingerprint density at radius 3 is 2.91 bits per heavy atom. The van der Waals surface area contributed by atoms with Gasteiger partial charge in [-0.15, -0.1) is 11.3 Å². The molecule has 3 rings (SSSR count). The number of nitrogens with one attached hydrogen (secondary N) is 1. The zero-order chi connectivity index (χ0) is 16.4. The molecule has 0 radical (unpaired) electrons. The first-order valence-corrected chi connectivity index (χ1v) is 8.39. The number of aliphatic hydroxyl groups excluding tert-OH is 1. The van der Waals surface area contributed by atoms with Crippen molar-refractivity contribution >= 4 is 27.3 Å². The van der Waals surface area contributed by atoms with Crippen molar-refractivity contribution in [2.45, 2.75) is 26.5 Å². The Labute approximate surface area is 138 Å². The van der Waals surface area contributed by atoms with Crippen LogP contribution < -0.4 is 5.32 Å². The number of hydrogen-bond acceptors (Lipinski definition) is 4. The van der Waals surface area contributed by atoms with E-state index < -0.39 is 6.10 Å². The summed E-state index contributed by atoms with van der Waals surface area (Å²) in [5.41, 5.74) is 1.33. The van der Waals surface area contributed by atoms with Crippen molar-refractivity contribution in [2.75, 3.05) is 6.54 Å². The van der Waals surface area contributed by atoms with Gasteiger partial charge in [-0.05, 0) is 37.4 Å². The maximum absolute atomic E-state index is 12.3. The fourth-order valence-corrected chi connectivity index (χ4v) is 3.57. The molecule has 0 saturated carbocycles. The van der Waals surface area contributed by atoms with Crippen LogP contribution in [0.2, 0.25) is 0 Å². The molecule has 1 aromatic carbocycles. The third kappa shape index (κ3) is 3.28. The number of aryl methyl sites for hydroxylation is 2. The molecule has 3 aromatic rings. The van der Waals surface area contributed by atoms with Crippen molar-refractivity contribution in [1.29, 1.82) is 0 Å². The molecule has 0 spiro atoms. The number of thiophene rings is 1. The summed E-state index contributed by atoms with van der Waals surface area (Å²) in [5.74, 6) is -0.215. The summed E-state index contributed by atoms with van der Waals surface area (Å²) >= 11 is 1.55. The number of aliphatic hydroxyl groups is 1. The lowest BCUT2D eigenvalue weighted by molar-refractivity contribution is 0.0907. The summed E-state index contributed by atoms with van der Waals surface area (Å²) in [7, 11) is 0. The third-order valence-corrected chi connectivity index (χ3v) is 4.88. The lowest BCUT2D eigenvalue weighted by Crippen LogP contribution is -2.30. The van der Waals surface area contributed by atoms with E-state index in [2.05, 4.69) is 10.4 Å². The van der Waals surface area contributed by atoms with Crippen molar-refractivity contribution < 1.29 is 9.90 Å². The number of fused-ring (bicyclic) bond motifs is 1. The molecule has 23 heavy (non-hydrogen) atoms. The molecule has 2 N–H and O–H groups in total. The lowest BCUT2D eigenvalue weighted by atomic mass is 10.2. The zero-order valence-electron chi connectivity index (χ0n) is 13.1. The zero-order valence-corrected chi connectivity index (χ0v) is 13.9. The van der Waals surface area contributed by atoms with E-state index in [4.69, 9.17) is 0 Å². The average Bonchev–Trinajstić information content (AvgIpc) is 3.15. The van der Waals surface area contributed by atoms with E-state index in [0.717, 1.165) is 20.7 Å². The minimum atomic E-state index is -0.713. The van der Waals surface area contributed by atoms with Crippen LogP contribution >= 0.6 is 11.3 Å². The molecule has 0 bridgehead atoms. The van der Waals surface area contributed by atoms with Crippen molar-refractivity contribution in [3.63, 3.8) is 0 Å². The second-order valence-corrected chi connectivity index (χ2v) is 6.51. The molecule has 0 aliphatic carbocycles. The topological polar surface area (TPSA) is 67.2 Å². The van der Waals surface area contributed by atoms with Crippen LogP contribution in [0.25, 0.3) is 10.1 Å². The second-order valence-electron chi connectivity index (χ2n) is 5.40. The van der Waals surface area contributed by atoms with Crippen LogP contribution in [0.5, 0.6) is 0 Å². The van der Waals surface area contributed by atoms with Gasteiger partial charge in [-0.2, -0.15) is 5.10 Å².